The second-order valence-electron chi connectivity index (χ2n) is 7.75. The Morgan fingerprint density at radius 2 is 2.07 bits per heavy atom. The predicted octanol–water partition coefficient (Wildman–Crippen LogP) is 3.36. The highest BCUT2D eigenvalue weighted by Gasteiger charge is 2.25. The monoisotopic (exact) mass is 429 g/mol. The Hall–Kier alpha value is -1.15. The SMILES string of the molecule is CC(C)N(C)S(=O)(=O)c1ccc(Cl)c(C(=O)NCCCN2CCCC[C@H]2C)c1. The van der Waals surface area contributed by atoms with Crippen LogP contribution < -0.4 is 5.32 Å². The predicted molar refractivity (Wildman–Crippen MR) is 113 cm³/mol. The first-order valence-corrected chi connectivity index (χ1v) is 11.8. The number of hydrogen-bond acceptors (Lipinski definition) is 4. The van der Waals surface area contributed by atoms with Gasteiger partial charge < -0.3 is 10.2 Å². The van der Waals surface area contributed by atoms with Gasteiger partial charge in [0.2, 0.25) is 10.0 Å². The van der Waals surface area contributed by atoms with Gasteiger partial charge in [0, 0.05) is 32.2 Å². The van der Waals surface area contributed by atoms with Crippen molar-refractivity contribution in [1.82, 2.24) is 14.5 Å². The molecule has 0 aliphatic carbocycles. The lowest BCUT2D eigenvalue weighted by atomic mass is 10.0. The molecule has 1 heterocycles. The summed E-state index contributed by atoms with van der Waals surface area (Å²) in [7, 11) is -2.15. The van der Waals surface area contributed by atoms with Crippen LogP contribution in [0.25, 0.3) is 0 Å². The molecule has 0 spiro atoms. The van der Waals surface area contributed by atoms with Crippen molar-refractivity contribution in [3.63, 3.8) is 0 Å². The van der Waals surface area contributed by atoms with Crippen molar-refractivity contribution in [3.8, 4) is 0 Å². The fraction of sp³-hybridized carbons (Fsp3) is 0.650. The average molecular weight is 430 g/mol. The zero-order chi connectivity index (χ0) is 20.9. The first-order valence-electron chi connectivity index (χ1n) is 9.94. The molecular weight excluding hydrogens is 398 g/mol. The highest BCUT2D eigenvalue weighted by atomic mass is 35.5. The Morgan fingerprint density at radius 3 is 2.71 bits per heavy atom. The number of hydrogen-bond donors (Lipinski definition) is 1. The van der Waals surface area contributed by atoms with E-state index in [1.54, 1.807) is 13.8 Å². The summed E-state index contributed by atoms with van der Waals surface area (Å²) < 4.78 is 26.6. The van der Waals surface area contributed by atoms with Gasteiger partial charge in [-0.05, 0) is 64.8 Å². The number of likely N-dealkylation sites (tertiary alicyclic amines) is 1. The van der Waals surface area contributed by atoms with Crippen LogP contribution in [-0.4, -0.2) is 62.3 Å². The summed E-state index contributed by atoms with van der Waals surface area (Å²) in [6, 6.07) is 4.67. The van der Waals surface area contributed by atoms with E-state index in [1.807, 2.05) is 0 Å². The van der Waals surface area contributed by atoms with E-state index in [-0.39, 0.29) is 27.4 Å². The molecule has 0 radical (unpaired) electrons. The molecule has 1 aromatic carbocycles. The van der Waals surface area contributed by atoms with E-state index in [1.165, 1.54) is 48.8 Å². The van der Waals surface area contributed by atoms with Gasteiger partial charge in [-0.25, -0.2) is 8.42 Å². The normalized spacial score (nSPS) is 18.6. The Bertz CT molecular complexity index is 783. The quantitative estimate of drug-likeness (QED) is 0.643. The van der Waals surface area contributed by atoms with E-state index in [0.29, 0.717) is 12.6 Å². The van der Waals surface area contributed by atoms with Crippen LogP contribution in [0.5, 0.6) is 0 Å². The van der Waals surface area contributed by atoms with Crippen molar-refractivity contribution in [3.05, 3.63) is 28.8 Å². The van der Waals surface area contributed by atoms with Crippen LogP contribution >= 0.6 is 11.6 Å². The molecule has 1 amide bonds. The van der Waals surface area contributed by atoms with Gasteiger partial charge in [0.25, 0.3) is 5.91 Å². The molecule has 0 saturated carbocycles. The third-order valence-electron chi connectivity index (χ3n) is 5.43. The molecule has 0 aromatic heterocycles. The Morgan fingerprint density at radius 1 is 1.36 bits per heavy atom. The maximum Gasteiger partial charge on any atom is 0.252 e. The van der Waals surface area contributed by atoms with Crippen molar-refractivity contribution < 1.29 is 13.2 Å². The Balaban J connectivity index is 1.99. The maximum atomic E-state index is 12.7. The molecule has 1 aliphatic heterocycles. The number of piperidine rings is 1. The molecule has 1 aromatic rings. The minimum absolute atomic E-state index is 0.0698. The molecule has 28 heavy (non-hydrogen) atoms. The fourth-order valence-corrected chi connectivity index (χ4v) is 4.95. The van der Waals surface area contributed by atoms with Crippen molar-refractivity contribution in [2.45, 2.75) is 63.4 Å². The van der Waals surface area contributed by atoms with Gasteiger partial charge in [-0.15, -0.1) is 0 Å². The standard InChI is InChI=1S/C20H32ClN3O3S/c1-15(2)23(4)28(26,27)17-9-10-19(21)18(14-17)20(25)22-11-7-13-24-12-6-5-8-16(24)3/h9-10,14-16H,5-8,11-13H2,1-4H3,(H,22,25)/t16-/m1/s1. The largest absolute Gasteiger partial charge is 0.352 e. The van der Waals surface area contributed by atoms with Gasteiger partial charge in [-0.2, -0.15) is 4.31 Å². The Labute approximate surface area is 174 Å². The van der Waals surface area contributed by atoms with Crippen LogP contribution in [0.15, 0.2) is 23.1 Å². The van der Waals surface area contributed by atoms with Crippen LogP contribution in [0.3, 0.4) is 0 Å². The molecule has 1 saturated heterocycles. The maximum absolute atomic E-state index is 12.7. The summed E-state index contributed by atoms with van der Waals surface area (Å²) in [5.74, 6) is -0.346. The molecule has 2 rings (SSSR count). The number of benzene rings is 1. The highest BCUT2D eigenvalue weighted by Crippen LogP contribution is 2.23. The number of rotatable bonds is 8. The minimum atomic E-state index is -3.67. The third kappa shape index (κ3) is 5.69. The van der Waals surface area contributed by atoms with Crippen molar-refractivity contribution in [1.29, 1.82) is 0 Å². The third-order valence-corrected chi connectivity index (χ3v) is 7.79. The van der Waals surface area contributed by atoms with Gasteiger partial charge in [0.15, 0.2) is 0 Å². The van der Waals surface area contributed by atoms with Crippen LogP contribution in [0.4, 0.5) is 0 Å². The molecule has 1 aliphatic rings. The lowest BCUT2D eigenvalue weighted by Gasteiger charge is -2.33. The van der Waals surface area contributed by atoms with Crippen LogP contribution in [0.2, 0.25) is 5.02 Å². The summed E-state index contributed by atoms with van der Waals surface area (Å²) in [5.41, 5.74) is 0.186. The first-order chi connectivity index (χ1) is 13.1. The van der Waals surface area contributed by atoms with Gasteiger partial charge >= 0.3 is 0 Å². The molecule has 0 unspecified atom stereocenters. The van der Waals surface area contributed by atoms with Gasteiger partial charge in [-0.1, -0.05) is 18.0 Å². The second-order valence-corrected chi connectivity index (χ2v) is 10.2. The van der Waals surface area contributed by atoms with Crippen molar-refractivity contribution in [2.75, 3.05) is 26.7 Å². The van der Waals surface area contributed by atoms with Gasteiger partial charge in [-0.3, -0.25) is 4.79 Å². The smallest absolute Gasteiger partial charge is 0.252 e. The second kappa shape index (κ2) is 10.1. The molecule has 0 bridgehead atoms. The minimum Gasteiger partial charge on any atom is -0.352 e. The van der Waals surface area contributed by atoms with Crippen LogP contribution in [0.1, 0.15) is 56.8 Å². The van der Waals surface area contributed by atoms with E-state index >= 15 is 0 Å². The van der Waals surface area contributed by atoms with Gasteiger partial charge in [0.1, 0.15) is 0 Å². The van der Waals surface area contributed by atoms with E-state index in [9.17, 15) is 13.2 Å². The zero-order valence-corrected chi connectivity index (χ0v) is 18.8. The fourth-order valence-electron chi connectivity index (χ4n) is 3.35. The van der Waals surface area contributed by atoms with Crippen LogP contribution in [0, 0.1) is 0 Å². The number of nitrogens with zero attached hydrogens (tertiary/aromatic N) is 2. The summed E-state index contributed by atoms with van der Waals surface area (Å²) in [6.07, 6.45) is 4.60. The summed E-state index contributed by atoms with van der Waals surface area (Å²) in [4.78, 5) is 15.1. The summed E-state index contributed by atoms with van der Waals surface area (Å²) in [6.45, 7) is 8.43. The first kappa shape index (κ1) is 23.1. The van der Waals surface area contributed by atoms with Crippen molar-refractivity contribution in [2.24, 2.45) is 0 Å². The topological polar surface area (TPSA) is 69.7 Å². The lowest BCUT2D eigenvalue weighted by Crippen LogP contribution is -2.39. The summed E-state index contributed by atoms with van der Waals surface area (Å²) in [5, 5.41) is 3.11. The number of nitrogens with one attached hydrogen (secondary N) is 1. The molecule has 1 fully saturated rings. The Kier molecular flexibility index (Phi) is 8.30. The van der Waals surface area contributed by atoms with E-state index in [4.69, 9.17) is 11.6 Å². The van der Waals surface area contributed by atoms with E-state index in [2.05, 4.69) is 17.1 Å². The summed E-state index contributed by atoms with van der Waals surface area (Å²) >= 11 is 6.16. The van der Waals surface area contributed by atoms with Crippen molar-refractivity contribution >= 4 is 27.5 Å². The molecule has 1 N–H and O–H groups in total. The number of sulfonamides is 1. The lowest BCUT2D eigenvalue weighted by molar-refractivity contribution is 0.0949. The molecule has 1 atom stereocenters. The number of carbonyl (C=O) groups is 1. The van der Waals surface area contributed by atoms with E-state index in [0.717, 1.165) is 19.5 Å². The number of halogens is 1. The highest BCUT2D eigenvalue weighted by molar-refractivity contribution is 7.89. The van der Waals surface area contributed by atoms with E-state index < -0.39 is 10.0 Å². The molecular formula is C20H32ClN3O3S. The average Bonchev–Trinajstić information content (AvgIpc) is 2.65. The molecule has 6 nitrogen and oxygen atoms in total. The van der Waals surface area contributed by atoms with Crippen LogP contribution in [-0.2, 0) is 10.0 Å². The molecule has 8 heteroatoms. The number of amides is 1. The molecule has 158 valence electrons. The van der Waals surface area contributed by atoms with Gasteiger partial charge in [0.05, 0.1) is 15.5 Å². The number of carbonyl (C=O) groups excluding carboxylic acids is 1. The zero-order valence-electron chi connectivity index (χ0n) is 17.2.